The lowest BCUT2D eigenvalue weighted by atomic mass is 10.0. The highest BCUT2D eigenvalue weighted by Gasteiger charge is 2.18. The van der Waals surface area contributed by atoms with Crippen molar-refractivity contribution < 1.29 is 23.8 Å². The number of rotatable bonds is 10. The summed E-state index contributed by atoms with van der Waals surface area (Å²) in [5.74, 6) is 1.17. The summed E-state index contributed by atoms with van der Waals surface area (Å²) in [6.45, 7) is 2.51. The van der Waals surface area contributed by atoms with Gasteiger partial charge in [0.1, 0.15) is 12.4 Å². The number of carbonyl (C=O) groups is 2. The van der Waals surface area contributed by atoms with Crippen LogP contribution in [0.2, 0.25) is 5.02 Å². The second kappa shape index (κ2) is 12.1. The Bertz CT molecular complexity index is 1400. The zero-order valence-corrected chi connectivity index (χ0v) is 21.2. The van der Waals surface area contributed by atoms with Crippen LogP contribution in [0.3, 0.4) is 0 Å². The van der Waals surface area contributed by atoms with E-state index in [1.54, 1.807) is 67.8 Å². The Morgan fingerprint density at radius 1 is 0.784 bits per heavy atom. The van der Waals surface area contributed by atoms with Gasteiger partial charge in [0, 0.05) is 27.3 Å². The number of methoxy groups -OCH3 is 1. The normalized spacial score (nSPS) is 10.5. The Hall–Kier alpha value is -4.29. The Balaban J connectivity index is 1.59. The van der Waals surface area contributed by atoms with Crippen LogP contribution in [0.15, 0.2) is 91.0 Å². The number of benzene rings is 4. The van der Waals surface area contributed by atoms with Gasteiger partial charge >= 0.3 is 0 Å². The van der Waals surface area contributed by atoms with Crippen LogP contribution < -0.4 is 19.5 Å². The van der Waals surface area contributed by atoms with Crippen molar-refractivity contribution in [2.75, 3.05) is 19.0 Å². The van der Waals surface area contributed by atoms with E-state index in [1.165, 1.54) is 0 Å². The topological polar surface area (TPSA) is 73.9 Å². The minimum absolute atomic E-state index is 0.162. The molecule has 1 N–H and O–H groups in total. The van der Waals surface area contributed by atoms with Gasteiger partial charge < -0.3 is 19.5 Å². The molecule has 37 heavy (non-hydrogen) atoms. The molecule has 6 nitrogen and oxygen atoms in total. The van der Waals surface area contributed by atoms with Crippen LogP contribution in [0.5, 0.6) is 17.2 Å². The number of para-hydroxylation sites is 2. The van der Waals surface area contributed by atoms with Gasteiger partial charge in [0.05, 0.1) is 19.4 Å². The summed E-state index contributed by atoms with van der Waals surface area (Å²) in [4.78, 5) is 26.4. The average Bonchev–Trinajstić information content (AvgIpc) is 2.93. The molecule has 4 rings (SSSR count). The predicted octanol–water partition coefficient (Wildman–Crippen LogP) is 6.81. The van der Waals surface area contributed by atoms with Gasteiger partial charge in [0.25, 0.3) is 5.91 Å². The van der Waals surface area contributed by atoms with Crippen LogP contribution >= 0.6 is 11.6 Å². The highest BCUT2D eigenvalue weighted by molar-refractivity contribution is 6.31. The molecule has 0 saturated heterocycles. The monoisotopic (exact) mass is 515 g/mol. The fourth-order valence-electron chi connectivity index (χ4n) is 3.78. The zero-order chi connectivity index (χ0) is 26.2. The maximum atomic E-state index is 13.2. The molecule has 1 amide bonds. The van der Waals surface area contributed by atoms with Crippen LogP contribution in [-0.4, -0.2) is 25.4 Å². The predicted molar refractivity (Wildman–Crippen MR) is 144 cm³/mol. The van der Waals surface area contributed by atoms with Crippen molar-refractivity contribution in [3.63, 3.8) is 0 Å². The second-order valence-electron chi connectivity index (χ2n) is 8.03. The van der Waals surface area contributed by atoms with Crippen LogP contribution in [0.1, 0.15) is 38.8 Å². The maximum absolute atomic E-state index is 13.2. The van der Waals surface area contributed by atoms with E-state index < -0.39 is 0 Å². The van der Waals surface area contributed by atoms with Crippen LogP contribution in [0, 0.1) is 0 Å². The second-order valence-corrected chi connectivity index (χ2v) is 8.47. The third kappa shape index (κ3) is 6.29. The number of amides is 1. The fourth-order valence-corrected chi connectivity index (χ4v) is 3.95. The molecule has 0 heterocycles. The first-order valence-corrected chi connectivity index (χ1v) is 12.1. The van der Waals surface area contributed by atoms with E-state index in [0.29, 0.717) is 56.8 Å². The first-order valence-electron chi connectivity index (χ1n) is 11.7. The molecular weight excluding hydrogens is 490 g/mol. The molecule has 0 atom stereocenters. The highest BCUT2D eigenvalue weighted by Crippen LogP contribution is 2.29. The van der Waals surface area contributed by atoms with Crippen molar-refractivity contribution in [3.8, 4) is 17.2 Å². The zero-order valence-electron chi connectivity index (χ0n) is 20.5. The number of hydrogen-bond acceptors (Lipinski definition) is 5. The van der Waals surface area contributed by atoms with E-state index in [1.807, 2.05) is 37.3 Å². The summed E-state index contributed by atoms with van der Waals surface area (Å²) < 4.78 is 17.1. The van der Waals surface area contributed by atoms with E-state index >= 15 is 0 Å². The minimum Gasteiger partial charge on any atom is -0.493 e. The van der Waals surface area contributed by atoms with Crippen molar-refractivity contribution in [1.29, 1.82) is 0 Å². The van der Waals surface area contributed by atoms with E-state index in [2.05, 4.69) is 5.32 Å². The molecule has 0 unspecified atom stereocenters. The van der Waals surface area contributed by atoms with Gasteiger partial charge in [0.2, 0.25) is 0 Å². The summed E-state index contributed by atoms with van der Waals surface area (Å²) in [6.07, 6.45) is 0. The molecule has 7 heteroatoms. The molecule has 4 aromatic carbocycles. The number of hydrogen-bond donors (Lipinski definition) is 1. The SMILES string of the molecule is CCOc1ccc(C(=O)Nc2ccc(Cl)cc2C(=O)c2ccccc2)cc1COc1ccccc1OC. The van der Waals surface area contributed by atoms with Gasteiger partial charge in [0.15, 0.2) is 17.3 Å². The summed E-state index contributed by atoms with van der Waals surface area (Å²) >= 11 is 6.18. The lowest BCUT2D eigenvalue weighted by Crippen LogP contribution is -2.16. The van der Waals surface area contributed by atoms with Gasteiger partial charge in [-0.3, -0.25) is 9.59 Å². The smallest absolute Gasteiger partial charge is 0.255 e. The highest BCUT2D eigenvalue weighted by atomic mass is 35.5. The molecule has 0 aliphatic rings. The number of carbonyl (C=O) groups excluding carboxylic acids is 2. The van der Waals surface area contributed by atoms with E-state index in [9.17, 15) is 9.59 Å². The third-order valence-corrected chi connectivity index (χ3v) is 5.82. The van der Waals surface area contributed by atoms with Gasteiger partial charge in [-0.1, -0.05) is 54.1 Å². The number of nitrogens with one attached hydrogen (secondary N) is 1. The van der Waals surface area contributed by atoms with E-state index in [0.717, 1.165) is 0 Å². The number of ether oxygens (including phenoxy) is 3. The minimum atomic E-state index is -0.383. The first-order chi connectivity index (χ1) is 18.0. The number of anilines is 1. The molecule has 4 aromatic rings. The summed E-state index contributed by atoms with van der Waals surface area (Å²) in [5, 5.41) is 3.25. The Morgan fingerprint density at radius 3 is 2.24 bits per heavy atom. The number of ketones is 1. The summed E-state index contributed by atoms with van der Waals surface area (Å²) in [5.41, 5.74) is 2.24. The van der Waals surface area contributed by atoms with Crippen LogP contribution in [0.4, 0.5) is 5.69 Å². The van der Waals surface area contributed by atoms with Crippen molar-refractivity contribution in [1.82, 2.24) is 0 Å². The molecule has 0 aliphatic carbocycles. The summed E-state index contributed by atoms with van der Waals surface area (Å²) in [6, 6.07) is 26.1. The maximum Gasteiger partial charge on any atom is 0.255 e. The third-order valence-electron chi connectivity index (χ3n) is 5.59. The molecule has 0 radical (unpaired) electrons. The van der Waals surface area contributed by atoms with Crippen molar-refractivity contribution in [2.45, 2.75) is 13.5 Å². The Morgan fingerprint density at radius 2 is 1.51 bits per heavy atom. The largest absolute Gasteiger partial charge is 0.493 e. The molecule has 0 bridgehead atoms. The fraction of sp³-hybridized carbons (Fsp3) is 0.133. The van der Waals surface area contributed by atoms with Gasteiger partial charge in [-0.15, -0.1) is 0 Å². The lowest BCUT2D eigenvalue weighted by Gasteiger charge is -2.15. The first kappa shape index (κ1) is 25.8. The van der Waals surface area contributed by atoms with E-state index in [-0.39, 0.29) is 18.3 Å². The van der Waals surface area contributed by atoms with Gasteiger partial charge in [-0.25, -0.2) is 0 Å². The summed E-state index contributed by atoms with van der Waals surface area (Å²) in [7, 11) is 1.58. The number of halogens is 1. The molecule has 0 aliphatic heterocycles. The Labute approximate surface area is 220 Å². The molecule has 188 valence electrons. The Kier molecular flexibility index (Phi) is 8.44. The van der Waals surface area contributed by atoms with Crippen molar-refractivity contribution in [3.05, 3.63) is 118 Å². The lowest BCUT2D eigenvalue weighted by molar-refractivity contribution is 0.102. The molecule has 0 aromatic heterocycles. The molecule has 0 spiro atoms. The van der Waals surface area contributed by atoms with Crippen LogP contribution in [-0.2, 0) is 6.61 Å². The van der Waals surface area contributed by atoms with Crippen molar-refractivity contribution in [2.24, 2.45) is 0 Å². The average molecular weight is 516 g/mol. The van der Waals surface area contributed by atoms with Gasteiger partial charge in [-0.2, -0.15) is 0 Å². The van der Waals surface area contributed by atoms with E-state index in [4.69, 9.17) is 25.8 Å². The quantitative estimate of drug-likeness (QED) is 0.235. The van der Waals surface area contributed by atoms with Gasteiger partial charge in [-0.05, 0) is 55.5 Å². The standard InChI is InChI=1S/C30H26ClNO5/c1-3-36-26-16-13-21(17-22(26)19-37-28-12-8-7-11-27(28)35-2)30(34)32-25-15-14-23(31)18-24(25)29(33)20-9-5-4-6-10-20/h4-18H,3,19H2,1-2H3,(H,32,34). The molecular formula is C30H26ClNO5. The molecule has 0 fully saturated rings. The van der Waals surface area contributed by atoms with Crippen molar-refractivity contribution >= 4 is 29.0 Å². The van der Waals surface area contributed by atoms with Crippen LogP contribution in [0.25, 0.3) is 0 Å². The molecule has 0 saturated carbocycles.